The average molecular weight is 292 g/mol. The monoisotopic (exact) mass is 291 g/mol. The van der Waals surface area contributed by atoms with Gasteiger partial charge in [-0.25, -0.2) is 13.1 Å². The number of benzene rings is 1. The van der Waals surface area contributed by atoms with Crippen molar-refractivity contribution in [2.24, 2.45) is 0 Å². The van der Waals surface area contributed by atoms with Crippen LogP contribution >= 0.6 is 11.6 Å². The van der Waals surface area contributed by atoms with Gasteiger partial charge in [0.05, 0.1) is 6.26 Å². The summed E-state index contributed by atoms with van der Waals surface area (Å²) in [6.07, 6.45) is 1.20. The number of nitrogens with one attached hydrogen (secondary N) is 1. The third-order valence-electron chi connectivity index (χ3n) is 2.12. The van der Waals surface area contributed by atoms with Crippen LogP contribution < -0.4 is 4.72 Å². The van der Waals surface area contributed by atoms with Crippen molar-refractivity contribution in [3.05, 3.63) is 35.9 Å². The van der Waals surface area contributed by atoms with Crippen molar-refractivity contribution in [2.75, 3.05) is 12.3 Å². The molecule has 18 heavy (non-hydrogen) atoms. The van der Waals surface area contributed by atoms with E-state index in [9.17, 15) is 13.2 Å². The van der Waals surface area contributed by atoms with Crippen LogP contribution in [0.5, 0.6) is 0 Å². The van der Waals surface area contributed by atoms with E-state index in [0.29, 0.717) is 0 Å². The molecule has 1 atom stereocenters. The van der Waals surface area contributed by atoms with Crippen molar-refractivity contribution < 1.29 is 17.9 Å². The number of hydrogen-bond donors (Lipinski definition) is 1. The van der Waals surface area contributed by atoms with E-state index in [0.717, 1.165) is 11.8 Å². The Labute approximate surface area is 111 Å². The van der Waals surface area contributed by atoms with Gasteiger partial charge in [0.15, 0.2) is 6.07 Å². The van der Waals surface area contributed by atoms with Gasteiger partial charge < -0.3 is 4.74 Å². The van der Waals surface area contributed by atoms with E-state index >= 15 is 0 Å². The summed E-state index contributed by atoms with van der Waals surface area (Å²) in [4.78, 5) is 11.6. The lowest BCUT2D eigenvalue weighted by Crippen LogP contribution is -2.42. The SMILES string of the molecule is CS(=O)(=O)N[C@@H](Cc1ccccc1)C(=O)OCCl. The van der Waals surface area contributed by atoms with Gasteiger partial charge in [-0.3, -0.25) is 4.79 Å². The highest BCUT2D eigenvalue weighted by Gasteiger charge is 2.23. The van der Waals surface area contributed by atoms with Crippen molar-refractivity contribution >= 4 is 27.6 Å². The highest BCUT2D eigenvalue weighted by atomic mass is 35.5. The van der Waals surface area contributed by atoms with Gasteiger partial charge in [-0.15, -0.1) is 0 Å². The predicted molar refractivity (Wildman–Crippen MR) is 68.7 cm³/mol. The van der Waals surface area contributed by atoms with E-state index in [1.54, 1.807) is 24.3 Å². The first-order valence-corrected chi connectivity index (χ1v) is 7.59. The highest BCUT2D eigenvalue weighted by molar-refractivity contribution is 7.88. The topological polar surface area (TPSA) is 72.5 Å². The third-order valence-corrected chi connectivity index (χ3v) is 2.94. The molecule has 0 fully saturated rings. The van der Waals surface area contributed by atoms with Crippen molar-refractivity contribution in [2.45, 2.75) is 12.5 Å². The van der Waals surface area contributed by atoms with Crippen LogP contribution in [0, 0.1) is 0 Å². The molecule has 0 aliphatic rings. The van der Waals surface area contributed by atoms with Crippen molar-refractivity contribution in [1.29, 1.82) is 0 Å². The minimum Gasteiger partial charge on any atom is -0.448 e. The number of rotatable bonds is 6. The van der Waals surface area contributed by atoms with Crippen molar-refractivity contribution in [3.63, 3.8) is 0 Å². The molecule has 0 bridgehead atoms. The molecule has 0 unspecified atom stereocenters. The molecule has 7 heteroatoms. The van der Waals surface area contributed by atoms with Crippen LogP contribution in [0.2, 0.25) is 0 Å². The molecule has 1 aromatic rings. The van der Waals surface area contributed by atoms with Crippen molar-refractivity contribution in [3.8, 4) is 0 Å². The molecule has 1 rings (SSSR count). The number of ether oxygens (including phenoxy) is 1. The molecule has 100 valence electrons. The summed E-state index contributed by atoms with van der Waals surface area (Å²) in [5.74, 6) is -0.695. The van der Waals surface area contributed by atoms with Crippen LogP contribution in [0.3, 0.4) is 0 Å². The molecule has 0 spiro atoms. The van der Waals surface area contributed by atoms with E-state index in [4.69, 9.17) is 11.6 Å². The lowest BCUT2D eigenvalue weighted by molar-refractivity contribution is -0.143. The Morgan fingerprint density at radius 1 is 1.39 bits per heavy atom. The zero-order chi connectivity index (χ0) is 13.6. The highest BCUT2D eigenvalue weighted by Crippen LogP contribution is 2.06. The number of alkyl halides is 1. The molecular weight excluding hydrogens is 278 g/mol. The summed E-state index contributed by atoms with van der Waals surface area (Å²) < 4.78 is 29.2. The Balaban J connectivity index is 2.81. The van der Waals surface area contributed by atoms with Crippen molar-refractivity contribution in [1.82, 2.24) is 4.72 Å². The van der Waals surface area contributed by atoms with Gasteiger partial charge in [0.1, 0.15) is 6.04 Å². The molecule has 0 aliphatic heterocycles. The standard InChI is InChI=1S/C11H14ClNO4S/c1-18(15,16)13-10(11(14)17-8-12)7-9-5-3-2-4-6-9/h2-6,10,13H,7-8H2,1H3/t10-/m0/s1. The van der Waals surface area contributed by atoms with Crippen LogP contribution in [-0.2, 0) is 26.0 Å². The molecule has 1 N–H and O–H groups in total. The molecule has 0 heterocycles. The molecule has 0 saturated carbocycles. The van der Waals surface area contributed by atoms with E-state index in [2.05, 4.69) is 9.46 Å². The Morgan fingerprint density at radius 3 is 2.50 bits per heavy atom. The van der Waals surface area contributed by atoms with Gasteiger partial charge in [0.25, 0.3) is 0 Å². The minimum absolute atomic E-state index is 0.212. The van der Waals surface area contributed by atoms with Gasteiger partial charge in [-0.1, -0.05) is 41.9 Å². The molecule has 0 amide bonds. The summed E-state index contributed by atoms with van der Waals surface area (Å²) in [5.41, 5.74) is 0.824. The van der Waals surface area contributed by atoms with Crippen LogP contribution in [0.4, 0.5) is 0 Å². The Kier molecular flexibility index (Phi) is 5.58. The summed E-state index contributed by atoms with van der Waals surface area (Å²) in [5, 5.41) is 0. The normalized spacial score (nSPS) is 13.0. The van der Waals surface area contributed by atoms with E-state index in [-0.39, 0.29) is 12.5 Å². The smallest absolute Gasteiger partial charge is 0.325 e. The Bertz CT molecular complexity index is 489. The van der Waals surface area contributed by atoms with Crippen LogP contribution in [-0.4, -0.2) is 32.8 Å². The fraction of sp³-hybridized carbons (Fsp3) is 0.364. The fourth-order valence-corrected chi connectivity index (χ4v) is 2.24. The summed E-state index contributed by atoms with van der Waals surface area (Å²) in [6, 6.07) is 7.76. The summed E-state index contributed by atoms with van der Waals surface area (Å²) in [7, 11) is -3.50. The van der Waals surface area contributed by atoms with Crippen LogP contribution in [0.15, 0.2) is 30.3 Å². The Morgan fingerprint density at radius 2 is 2.00 bits per heavy atom. The molecule has 5 nitrogen and oxygen atoms in total. The quantitative estimate of drug-likeness (QED) is 0.624. The molecule has 0 saturated heterocycles. The Hall–Kier alpha value is -1.11. The molecular formula is C11H14ClNO4S. The number of halogens is 1. The number of carbonyl (C=O) groups excluding carboxylic acids is 1. The largest absolute Gasteiger partial charge is 0.448 e. The third kappa shape index (κ3) is 5.48. The molecule has 0 aromatic heterocycles. The summed E-state index contributed by atoms with van der Waals surface area (Å²) >= 11 is 5.29. The fourth-order valence-electron chi connectivity index (χ4n) is 1.44. The lowest BCUT2D eigenvalue weighted by atomic mass is 10.1. The van der Waals surface area contributed by atoms with Gasteiger partial charge in [-0.2, -0.15) is 0 Å². The first kappa shape index (κ1) is 14.9. The number of sulfonamides is 1. The van der Waals surface area contributed by atoms with Crippen LogP contribution in [0.1, 0.15) is 5.56 Å². The maximum atomic E-state index is 11.6. The zero-order valence-electron chi connectivity index (χ0n) is 9.80. The maximum absolute atomic E-state index is 11.6. The first-order chi connectivity index (χ1) is 8.42. The van der Waals surface area contributed by atoms with Gasteiger partial charge in [0.2, 0.25) is 10.0 Å². The van der Waals surface area contributed by atoms with E-state index < -0.39 is 22.0 Å². The molecule has 0 aliphatic carbocycles. The molecule has 1 aromatic carbocycles. The number of esters is 1. The van der Waals surface area contributed by atoms with Gasteiger partial charge >= 0.3 is 5.97 Å². The predicted octanol–water partition coefficient (Wildman–Crippen LogP) is 0.886. The summed E-state index contributed by atoms with van der Waals surface area (Å²) in [6.45, 7) is 0. The second-order valence-corrected chi connectivity index (χ2v) is 5.70. The minimum atomic E-state index is -3.50. The second kappa shape index (κ2) is 6.72. The van der Waals surface area contributed by atoms with E-state index in [1.807, 2.05) is 6.07 Å². The molecule has 0 radical (unpaired) electrons. The zero-order valence-corrected chi connectivity index (χ0v) is 11.4. The second-order valence-electron chi connectivity index (χ2n) is 3.70. The lowest BCUT2D eigenvalue weighted by Gasteiger charge is -2.15. The maximum Gasteiger partial charge on any atom is 0.325 e. The number of carbonyl (C=O) groups is 1. The van der Waals surface area contributed by atoms with Gasteiger partial charge in [0, 0.05) is 0 Å². The van der Waals surface area contributed by atoms with E-state index in [1.165, 1.54) is 0 Å². The van der Waals surface area contributed by atoms with Crippen LogP contribution in [0.25, 0.3) is 0 Å². The van der Waals surface area contributed by atoms with Gasteiger partial charge in [-0.05, 0) is 12.0 Å². The first-order valence-electron chi connectivity index (χ1n) is 5.16. The average Bonchev–Trinajstić information content (AvgIpc) is 2.28. The number of hydrogen-bond acceptors (Lipinski definition) is 4.